The lowest BCUT2D eigenvalue weighted by atomic mass is 10.0. The van der Waals surface area contributed by atoms with Gasteiger partial charge in [-0.2, -0.15) is 0 Å². The Kier molecular flexibility index (Phi) is 3.92. The number of sulfonamides is 1. The Bertz CT molecular complexity index is 454. The molecule has 0 spiro atoms. The molecule has 0 amide bonds. The van der Waals surface area contributed by atoms with E-state index in [1.165, 1.54) is 0 Å². The van der Waals surface area contributed by atoms with Crippen LogP contribution in [0.4, 0.5) is 0 Å². The largest absolute Gasteiger partial charge is 0.238 e. The molecule has 1 rings (SSSR count). The monoisotopic (exact) mass is 291 g/mol. The van der Waals surface area contributed by atoms with Gasteiger partial charge in [0.25, 0.3) is 0 Å². The Morgan fingerprint density at radius 1 is 1.40 bits per heavy atom. The fourth-order valence-corrected chi connectivity index (χ4v) is 2.72. The van der Waals surface area contributed by atoms with Crippen LogP contribution in [-0.4, -0.2) is 8.42 Å². The minimum atomic E-state index is -3.63. The summed E-state index contributed by atoms with van der Waals surface area (Å²) in [5, 5.41) is 5.15. The maximum Gasteiger partial charge on any atom is 0.238 e. The third kappa shape index (κ3) is 3.59. The van der Waals surface area contributed by atoms with Crippen LogP contribution in [0.15, 0.2) is 27.6 Å². The second kappa shape index (κ2) is 4.63. The van der Waals surface area contributed by atoms with Gasteiger partial charge in [-0.05, 0) is 30.0 Å². The zero-order valence-electron chi connectivity index (χ0n) is 8.70. The summed E-state index contributed by atoms with van der Waals surface area (Å²) in [6, 6.07) is 5.17. The second-order valence-corrected chi connectivity index (χ2v) is 6.34. The molecule has 0 radical (unpaired) electrons. The van der Waals surface area contributed by atoms with Crippen LogP contribution in [0.3, 0.4) is 0 Å². The first-order chi connectivity index (χ1) is 6.80. The molecule has 0 saturated heterocycles. The minimum absolute atomic E-state index is 0.213. The lowest BCUT2D eigenvalue weighted by Crippen LogP contribution is -2.15. The van der Waals surface area contributed by atoms with Gasteiger partial charge >= 0.3 is 0 Å². The number of hydrogen-bond donors (Lipinski definition) is 1. The van der Waals surface area contributed by atoms with E-state index in [0.29, 0.717) is 12.3 Å². The summed E-state index contributed by atoms with van der Waals surface area (Å²) in [5.41, 5.74) is 0.774. The summed E-state index contributed by atoms with van der Waals surface area (Å²) >= 11 is 3.23. The van der Waals surface area contributed by atoms with Crippen LogP contribution < -0.4 is 5.14 Å². The minimum Gasteiger partial charge on any atom is -0.225 e. The van der Waals surface area contributed by atoms with E-state index in [2.05, 4.69) is 15.9 Å². The molecule has 5 heteroatoms. The van der Waals surface area contributed by atoms with Gasteiger partial charge in [-0.25, -0.2) is 13.6 Å². The van der Waals surface area contributed by atoms with E-state index in [1.807, 2.05) is 19.9 Å². The van der Waals surface area contributed by atoms with Crippen molar-refractivity contribution >= 4 is 26.0 Å². The molecule has 0 atom stereocenters. The average molecular weight is 292 g/mol. The molecule has 0 bridgehead atoms. The van der Waals surface area contributed by atoms with Gasteiger partial charge in [0.15, 0.2) is 0 Å². The summed E-state index contributed by atoms with van der Waals surface area (Å²) in [7, 11) is -3.63. The van der Waals surface area contributed by atoms with E-state index >= 15 is 0 Å². The number of nitrogens with two attached hydrogens (primary N) is 1. The number of rotatable bonds is 3. The first-order valence-corrected chi connectivity index (χ1v) is 6.96. The molecular formula is C10H14BrNO2S. The molecule has 0 saturated carbocycles. The average Bonchev–Trinajstić information content (AvgIpc) is 2.05. The van der Waals surface area contributed by atoms with Crippen LogP contribution in [0.25, 0.3) is 0 Å². The third-order valence-electron chi connectivity index (χ3n) is 1.96. The summed E-state index contributed by atoms with van der Waals surface area (Å²) < 4.78 is 23.4. The summed E-state index contributed by atoms with van der Waals surface area (Å²) in [6.07, 6.45) is 0.707. The van der Waals surface area contributed by atoms with Crippen molar-refractivity contribution in [2.24, 2.45) is 11.1 Å². The zero-order chi connectivity index (χ0) is 11.6. The van der Waals surface area contributed by atoms with Crippen molar-refractivity contribution in [3.63, 3.8) is 0 Å². The van der Waals surface area contributed by atoms with E-state index in [4.69, 9.17) is 5.14 Å². The molecule has 0 aliphatic heterocycles. The predicted octanol–water partition coefficient (Wildman–Crippen LogP) is 2.29. The van der Waals surface area contributed by atoms with Crippen molar-refractivity contribution < 1.29 is 8.42 Å². The third-order valence-corrected chi connectivity index (χ3v) is 3.45. The Labute approximate surface area is 98.9 Å². The molecule has 0 unspecified atom stereocenters. The smallest absolute Gasteiger partial charge is 0.225 e. The lowest BCUT2D eigenvalue weighted by molar-refractivity contribution is 0.592. The highest BCUT2D eigenvalue weighted by molar-refractivity contribution is 9.10. The Morgan fingerprint density at radius 2 is 2.00 bits per heavy atom. The van der Waals surface area contributed by atoms with E-state index < -0.39 is 10.0 Å². The van der Waals surface area contributed by atoms with Crippen LogP contribution in [-0.2, 0) is 16.4 Å². The first-order valence-electron chi connectivity index (χ1n) is 4.62. The van der Waals surface area contributed by atoms with E-state index in [9.17, 15) is 8.42 Å². The highest BCUT2D eigenvalue weighted by Crippen LogP contribution is 2.22. The zero-order valence-corrected chi connectivity index (χ0v) is 11.1. The molecule has 0 aliphatic rings. The molecule has 0 aliphatic carbocycles. The van der Waals surface area contributed by atoms with Gasteiger partial charge in [0, 0.05) is 4.47 Å². The van der Waals surface area contributed by atoms with Crippen LogP contribution in [0.1, 0.15) is 19.4 Å². The van der Waals surface area contributed by atoms with Crippen LogP contribution in [0.5, 0.6) is 0 Å². The van der Waals surface area contributed by atoms with Crippen molar-refractivity contribution in [1.82, 2.24) is 0 Å². The molecule has 0 aromatic heterocycles. The summed E-state index contributed by atoms with van der Waals surface area (Å²) in [6.45, 7) is 4.07. The Morgan fingerprint density at radius 3 is 2.47 bits per heavy atom. The van der Waals surface area contributed by atoms with Crippen molar-refractivity contribution in [1.29, 1.82) is 0 Å². The van der Waals surface area contributed by atoms with Gasteiger partial charge in [0.2, 0.25) is 10.0 Å². The molecule has 15 heavy (non-hydrogen) atoms. The Balaban J connectivity index is 3.27. The van der Waals surface area contributed by atoms with Crippen LogP contribution in [0.2, 0.25) is 0 Å². The number of benzene rings is 1. The number of hydrogen-bond acceptors (Lipinski definition) is 2. The van der Waals surface area contributed by atoms with Gasteiger partial charge in [-0.15, -0.1) is 0 Å². The molecule has 84 valence electrons. The van der Waals surface area contributed by atoms with Gasteiger partial charge in [0.05, 0.1) is 4.90 Å². The van der Waals surface area contributed by atoms with E-state index in [-0.39, 0.29) is 4.90 Å². The van der Waals surface area contributed by atoms with Crippen molar-refractivity contribution in [2.75, 3.05) is 0 Å². The predicted molar refractivity (Wildman–Crippen MR) is 64.1 cm³/mol. The quantitative estimate of drug-likeness (QED) is 0.929. The topological polar surface area (TPSA) is 60.2 Å². The molecular weight excluding hydrogens is 278 g/mol. The Hall–Kier alpha value is -0.390. The summed E-state index contributed by atoms with van der Waals surface area (Å²) in [5.74, 6) is 0.395. The van der Waals surface area contributed by atoms with E-state index in [1.54, 1.807) is 12.1 Å². The second-order valence-electron chi connectivity index (χ2n) is 3.90. The molecule has 0 heterocycles. The molecule has 2 N–H and O–H groups in total. The van der Waals surface area contributed by atoms with Gasteiger partial charge in [-0.3, -0.25) is 0 Å². The lowest BCUT2D eigenvalue weighted by Gasteiger charge is -2.10. The first kappa shape index (κ1) is 12.7. The maximum absolute atomic E-state index is 11.3. The molecule has 3 nitrogen and oxygen atoms in total. The summed E-state index contributed by atoms with van der Waals surface area (Å²) in [4.78, 5) is 0.213. The van der Waals surface area contributed by atoms with Crippen LogP contribution in [0, 0.1) is 5.92 Å². The van der Waals surface area contributed by atoms with Crippen molar-refractivity contribution in [3.05, 3.63) is 28.2 Å². The number of primary sulfonamides is 1. The van der Waals surface area contributed by atoms with E-state index in [0.717, 1.165) is 10.0 Å². The fourth-order valence-electron chi connectivity index (χ4n) is 1.40. The molecule has 0 fully saturated rings. The highest BCUT2D eigenvalue weighted by atomic mass is 79.9. The van der Waals surface area contributed by atoms with Gasteiger partial charge in [-0.1, -0.05) is 35.8 Å². The normalized spacial score (nSPS) is 12.1. The highest BCUT2D eigenvalue weighted by Gasteiger charge is 2.14. The SMILES string of the molecule is CC(C)Cc1ccc(Br)cc1S(N)(=O)=O. The van der Waals surface area contributed by atoms with Crippen LogP contribution >= 0.6 is 15.9 Å². The molecule has 1 aromatic rings. The van der Waals surface area contributed by atoms with Crippen molar-refractivity contribution in [3.8, 4) is 0 Å². The standard InChI is InChI=1S/C10H14BrNO2S/c1-7(2)5-8-3-4-9(11)6-10(8)15(12,13)14/h3-4,6-7H,5H2,1-2H3,(H2,12,13,14). The number of halogens is 1. The van der Waals surface area contributed by atoms with Crippen molar-refractivity contribution in [2.45, 2.75) is 25.2 Å². The van der Waals surface area contributed by atoms with Gasteiger partial charge in [0.1, 0.15) is 0 Å². The molecule has 1 aromatic carbocycles. The fraction of sp³-hybridized carbons (Fsp3) is 0.400. The maximum atomic E-state index is 11.3. The van der Waals surface area contributed by atoms with Gasteiger partial charge < -0.3 is 0 Å².